The van der Waals surface area contributed by atoms with Crippen molar-refractivity contribution in [2.24, 2.45) is 0 Å². The standard InChI is InChI=1S/C10H11F2NO/c1-6-4-7-9(8(13)5-6)14-3-2-10(7,11)12/h4-5H,2-3,13H2,1H3. The maximum Gasteiger partial charge on any atom is 0.280 e. The van der Waals surface area contributed by atoms with Gasteiger partial charge in [0.25, 0.3) is 5.92 Å². The predicted molar refractivity (Wildman–Crippen MR) is 49.6 cm³/mol. The monoisotopic (exact) mass is 199 g/mol. The van der Waals surface area contributed by atoms with Gasteiger partial charge in [-0.05, 0) is 24.6 Å². The second-order valence-corrected chi connectivity index (χ2v) is 3.53. The van der Waals surface area contributed by atoms with Crippen LogP contribution in [0.2, 0.25) is 0 Å². The minimum absolute atomic E-state index is 0.0211. The molecule has 0 unspecified atom stereocenters. The summed E-state index contributed by atoms with van der Waals surface area (Å²) in [5.74, 6) is -2.67. The number of rotatable bonds is 0. The van der Waals surface area contributed by atoms with Crippen LogP contribution < -0.4 is 10.5 Å². The predicted octanol–water partition coefficient (Wildman–Crippen LogP) is 2.45. The van der Waals surface area contributed by atoms with E-state index in [0.29, 0.717) is 5.69 Å². The molecule has 0 saturated heterocycles. The SMILES string of the molecule is Cc1cc(N)c2c(c1)C(F)(F)CCO2. The molecule has 14 heavy (non-hydrogen) atoms. The molecule has 4 heteroatoms. The summed E-state index contributed by atoms with van der Waals surface area (Å²) in [7, 11) is 0. The molecule has 0 amide bonds. The van der Waals surface area contributed by atoms with Crippen LogP contribution in [0.1, 0.15) is 17.5 Å². The molecule has 0 aliphatic carbocycles. The molecule has 0 bridgehead atoms. The van der Waals surface area contributed by atoms with Crippen molar-refractivity contribution in [1.29, 1.82) is 0 Å². The highest BCUT2D eigenvalue weighted by atomic mass is 19.3. The number of hydrogen-bond acceptors (Lipinski definition) is 2. The average molecular weight is 199 g/mol. The van der Waals surface area contributed by atoms with E-state index in [0.717, 1.165) is 5.56 Å². The number of nitrogen functional groups attached to an aromatic ring is 1. The Balaban J connectivity index is 2.63. The Hall–Kier alpha value is -1.32. The van der Waals surface area contributed by atoms with Crippen molar-refractivity contribution >= 4 is 5.69 Å². The molecular weight excluding hydrogens is 188 g/mol. The lowest BCUT2D eigenvalue weighted by Crippen LogP contribution is -2.24. The van der Waals surface area contributed by atoms with Gasteiger partial charge in [-0.3, -0.25) is 0 Å². The molecule has 1 aromatic rings. The molecule has 1 aliphatic rings. The molecule has 2 rings (SSSR count). The van der Waals surface area contributed by atoms with Crippen LogP contribution >= 0.6 is 0 Å². The van der Waals surface area contributed by atoms with E-state index in [1.165, 1.54) is 6.07 Å². The first-order valence-electron chi connectivity index (χ1n) is 4.42. The van der Waals surface area contributed by atoms with Crippen LogP contribution in [0.4, 0.5) is 14.5 Å². The number of ether oxygens (including phenoxy) is 1. The van der Waals surface area contributed by atoms with E-state index in [9.17, 15) is 8.78 Å². The molecule has 1 heterocycles. The van der Waals surface area contributed by atoms with Crippen LogP contribution in [0.25, 0.3) is 0 Å². The quantitative estimate of drug-likeness (QED) is 0.651. The summed E-state index contributed by atoms with van der Waals surface area (Å²) in [6.07, 6.45) is -0.275. The number of aryl methyl sites for hydroxylation is 1. The highest BCUT2D eigenvalue weighted by Gasteiger charge is 2.38. The molecule has 1 aromatic carbocycles. The lowest BCUT2D eigenvalue weighted by atomic mass is 9.99. The second-order valence-electron chi connectivity index (χ2n) is 3.53. The Labute approximate surface area is 80.7 Å². The Morgan fingerprint density at radius 2 is 2.14 bits per heavy atom. The van der Waals surface area contributed by atoms with Crippen molar-refractivity contribution < 1.29 is 13.5 Å². The fourth-order valence-electron chi connectivity index (χ4n) is 1.65. The molecule has 0 fully saturated rings. The Kier molecular flexibility index (Phi) is 1.87. The first kappa shape index (κ1) is 9.24. The summed E-state index contributed by atoms with van der Waals surface area (Å²) in [5, 5.41) is 0. The van der Waals surface area contributed by atoms with Crippen molar-refractivity contribution in [1.82, 2.24) is 0 Å². The summed E-state index contributed by atoms with van der Waals surface area (Å²) in [6.45, 7) is 1.76. The van der Waals surface area contributed by atoms with Crippen LogP contribution in [0.15, 0.2) is 12.1 Å². The van der Waals surface area contributed by atoms with Gasteiger partial charge in [-0.25, -0.2) is 8.78 Å². The first-order valence-corrected chi connectivity index (χ1v) is 4.42. The summed E-state index contributed by atoms with van der Waals surface area (Å²) < 4.78 is 32.0. The Morgan fingerprint density at radius 1 is 1.43 bits per heavy atom. The van der Waals surface area contributed by atoms with Gasteiger partial charge in [0, 0.05) is 0 Å². The molecular formula is C10H11F2NO. The second kappa shape index (κ2) is 2.83. The molecule has 2 N–H and O–H groups in total. The van der Waals surface area contributed by atoms with E-state index >= 15 is 0 Å². The first-order chi connectivity index (χ1) is 6.50. The van der Waals surface area contributed by atoms with E-state index in [1.807, 2.05) is 0 Å². The third-order valence-corrected chi connectivity index (χ3v) is 2.32. The largest absolute Gasteiger partial charge is 0.491 e. The molecule has 0 radical (unpaired) electrons. The molecule has 0 aromatic heterocycles. The topological polar surface area (TPSA) is 35.2 Å². The van der Waals surface area contributed by atoms with Crippen LogP contribution in [0, 0.1) is 6.92 Å². The lowest BCUT2D eigenvalue weighted by molar-refractivity contribution is -0.0402. The van der Waals surface area contributed by atoms with Crippen molar-refractivity contribution in [3.8, 4) is 5.75 Å². The fourth-order valence-corrected chi connectivity index (χ4v) is 1.65. The number of nitrogens with two attached hydrogens (primary N) is 1. The third-order valence-electron chi connectivity index (χ3n) is 2.32. The molecule has 2 nitrogen and oxygen atoms in total. The highest BCUT2D eigenvalue weighted by molar-refractivity contribution is 5.60. The van der Waals surface area contributed by atoms with Gasteiger partial charge in [-0.2, -0.15) is 0 Å². The molecule has 0 spiro atoms. The van der Waals surface area contributed by atoms with Crippen LogP contribution in [0.3, 0.4) is 0 Å². The maximum absolute atomic E-state index is 13.4. The Bertz CT molecular complexity index is 377. The van der Waals surface area contributed by atoms with Gasteiger partial charge in [0.1, 0.15) is 0 Å². The molecule has 76 valence electrons. The minimum Gasteiger partial charge on any atom is -0.491 e. The number of halogens is 2. The Morgan fingerprint density at radius 3 is 2.86 bits per heavy atom. The van der Waals surface area contributed by atoms with Crippen LogP contribution in [0.5, 0.6) is 5.75 Å². The summed E-state index contributed by atoms with van der Waals surface area (Å²) in [5.41, 5.74) is 6.54. The van der Waals surface area contributed by atoms with E-state index in [4.69, 9.17) is 10.5 Å². The summed E-state index contributed by atoms with van der Waals surface area (Å²) >= 11 is 0. The van der Waals surface area contributed by atoms with Gasteiger partial charge in [0.2, 0.25) is 0 Å². The van der Waals surface area contributed by atoms with Crippen molar-refractivity contribution in [3.63, 3.8) is 0 Å². The van der Waals surface area contributed by atoms with Crippen molar-refractivity contribution in [2.45, 2.75) is 19.3 Å². The highest BCUT2D eigenvalue weighted by Crippen LogP contribution is 2.44. The molecule has 0 atom stereocenters. The average Bonchev–Trinajstić information content (AvgIpc) is 2.06. The maximum atomic E-state index is 13.4. The zero-order chi connectivity index (χ0) is 10.3. The van der Waals surface area contributed by atoms with Crippen LogP contribution in [-0.4, -0.2) is 6.61 Å². The molecule has 1 aliphatic heterocycles. The van der Waals surface area contributed by atoms with Gasteiger partial charge >= 0.3 is 0 Å². The van der Waals surface area contributed by atoms with E-state index < -0.39 is 5.92 Å². The van der Waals surface area contributed by atoms with Gasteiger partial charge in [-0.1, -0.05) is 0 Å². The number of alkyl halides is 2. The van der Waals surface area contributed by atoms with Gasteiger partial charge in [0.15, 0.2) is 5.75 Å². The zero-order valence-corrected chi connectivity index (χ0v) is 7.81. The molecule has 0 saturated carbocycles. The lowest BCUT2D eigenvalue weighted by Gasteiger charge is -2.26. The number of anilines is 1. The number of benzene rings is 1. The van der Waals surface area contributed by atoms with Crippen LogP contribution in [-0.2, 0) is 5.92 Å². The zero-order valence-electron chi connectivity index (χ0n) is 7.81. The summed E-state index contributed by atoms with van der Waals surface area (Å²) in [6, 6.07) is 3.07. The number of fused-ring (bicyclic) bond motifs is 1. The van der Waals surface area contributed by atoms with E-state index in [2.05, 4.69) is 0 Å². The van der Waals surface area contributed by atoms with E-state index in [-0.39, 0.29) is 24.3 Å². The van der Waals surface area contributed by atoms with E-state index in [1.54, 1.807) is 13.0 Å². The van der Waals surface area contributed by atoms with Crippen molar-refractivity contribution in [2.75, 3.05) is 12.3 Å². The summed E-state index contributed by atoms with van der Waals surface area (Å²) in [4.78, 5) is 0. The number of hydrogen-bond donors (Lipinski definition) is 1. The normalized spacial score (nSPS) is 18.5. The van der Waals surface area contributed by atoms with Gasteiger partial charge in [0.05, 0.1) is 24.3 Å². The van der Waals surface area contributed by atoms with Gasteiger partial charge < -0.3 is 10.5 Å². The minimum atomic E-state index is -2.81. The smallest absolute Gasteiger partial charge is 0.280 e. The fraction of sp³-hybridized carbons (Fsp3) is 0.400. The third kappa shape index (κ3) is 1.31. The van der Waals surface area contributed by atoms with Crippen molar-refractivity contribution in [3.05, 3.63) is 23.3 Å². The van der Waals surface area contributed by atoms with Gasteiger partial charge in [-0.15, -0.1) is 0 Å².